The Morgan fingerprint density at radius 1 is 1.16 bits per heavy atom. The number of hydrogen-bond donors (Lipinski definition) is 3. The molecule has 2 aromatic rings. The first kappa shape index (κ1) is 21.7. The van der Waals surface area contributed by atoms with Crippen molar-refractivity contribution in [3.63, 3.8) is 0 Å². The van der Waals surface area contributed by atoms with E-state index in [0.29, 0.717) is 17.9 Å². The average Bonchev–Trinajstić information content (AvgIpc) is 2.80. The van der Waals surface area contributed by atoms with Crippen molar-refractivity contribution in [1.29, 1.82) is 0 Å². The van der Waals surface area contributed by atoms with Crippen LogP contribution in [0.5, 0.6) is 0 Å². The van der Waals surface area contributed by atoms with Crippen LogP contribution >= 0.6 is 0 Å². The highest BCUT2D eigenvalue weighted by Gasteiger charge is 2.33. The molecule has 0 radical (unpaired) electrons. The molecule has 31 heavy (non-hydrogen) atoms. The van der Waals surface area contributed by atoms with Gasteiger partial charge in [0.25, 0.3) is 0 Å². The fraction of sp³-hybridized carbons (Fsp3) is 0.462. The second kappa shape index (κ2) is 10.2. The van der Waals surface area contributed by atoms with Crippen LogP contribution in [-0.2, 0) is 11.2 Å². The van der Waals surface area contributed by atoms with Gasteiger partial charge >= 0.3 is 5.97 Å². The Labute approximate surface area is 185 Å². The highest BCUT2D eigenvalue weighted by atomic mass is 16.4. The molecule has 0 aromatic heterocycles. The van der Waals surface area contributed by atoms with Gasteiger partial charge in [-0.3, -0.25) is 9.79 Å². The van der Waals surface area contributed by atoms with Crippen molar-refractivity contribution in [2.45, 2.75) is 50.6 Å². The van der Waals surface area contributed by atoms with Gasteiger partial charge in [0.1, 0.15) is 0 Å². The lowest BCUT2D eigenvalue weighted by atomic mass is 9.82. The third kappa shape index (κ3) is 5.60. The summed E-state index contributed by atoms with van der Waals surface area (Å²) in [7, 11) is 0. The number of carboxylic acid groups (broad SMARTS) is 1. The van der Waals surface area contributed by atoms with E-state index >= 15 is 0 Å². The maximum Gasteiger partial charge on any atom is 0.307 e. The molecule has 2 aromatic carbocycles. The molecule has 4 rings (SSSR count). The van der Waals surface area contributed by atoms with Gasteiger partial charge in [-0.2, -0.15) is 0 Å². The van der Waals surface area contributed by atoms with Crippen LogP contribution in [0.4, 0.5) is 0 Å². The lowest BCUT2D eigenvalue weighted by Crippen LogP contribution is -2.50. The predicted molar refractivity (Wildman–Crippen MR) is 125 cm³/mol. The largest absolute Gasteiger partial charge is 0.481 e. The molecular weight excluding hydrogens is 386 g/mol. The Morgan fingerprint density at radius 3 is 2.68 bits per heavy atom. The molecule has 2 aliphatic heterocycles. The number of benzene rings is 2. The standard InChI is InChI=1S/C26H33N3O2/c1-18(20-11-9-19(10-12-20)14-25(30)31)16-29-26(21-6-3-2-4-7-21)22-15-24-23(28-17-22)8-5-13-27-24/h2-4,6-7,9-12,18,22-23,26,28-29H,5,8,13-17H2,1H3,(H,30,31)/t18?,22-,23?,26-/m1/s1. The second-order valence-corrected chi connectivity index (χ2v) is 8.95. The molecule has 0 saturated carbocycles. The Kier molecular flexibility index (Phi) is 7.15. The van der Waals surface area contributed by atoms with Crippen molar-refractivity contribution < 1.29 is 9.90 Å². The normalized spacial score (nSPS) is 22.8. The molecule has 2 aliphatic rings. The summed E-state index contributed by atoms with van der Waals surface area (Å²) in [5.41, 5.74) is 4.75. The van der Waals surface area contributed by atoms with Gasteiger partial charge in [-0.1, -0.05) is 61.5 Å². The van der Waals surface area contributed by atoms with Crippen molar-refractivity contribution in [2.24, 2.45) is 10.9 Å². The van der Waals surface area contributed by atoms with E-state index in [1.54, 1.807) is 0 Å². The smallest absolute Gasteiger partial charge is 0.307 e. The number of aliphatic carboxylic acids is 1. The van der Waals surface area contributed by atoms with Crippen LogP contribution in [0, 0.1) is 5.92 Å². The SMILES string of the molecule is CC(CN[C@H](c1ccccc1)[C@H]1CNC2CCCN=C2C1)c1ccc(CC(=O)O)cc1. The number of carboxylic acids is 1. The van der Waals surface area contributed by atoms with E-state index in [9.17, 15) is 4.79 Å². The minimum atomic E-state index is -0.793. The van der Waals surface area contributed by atoms with Gasteiger partial charge in [0.2, 0.25) is 0 Å². The van der Waals surface area contributed by atoms with Crippen LogP contribution in [0.3, 0.4) is 0 Å². The molecule has 1 fully saturated rings. The van der Waals surface area contributed by atoms with Gasteiger partial charge in [0, 0.05) is 37.4 Å². The summed E-state index contributed by atoms with van der Waals surface area (Å²) in [5, 5.41) is 16.6. The van der Waals surface area contributed by atoms with E-state index in [2.05, 4.69) is 60.0 Å². The number of fused-ring (bicyclic) bond motifs is 1. The summed E-state index contributed by atoms with van der Waals surface area (Å²) < 4.78 is 0. The number of hydrogen-bond acceptors (Lipinski definition) is 4. The minimum absolute atomic E-state index is 0.0720. The first-order valence-electron chi connectivity index (χ1n) is 11.5. The minimum Gasteiger partial charge on any atom is -0.481 e. The van der Waals surface area contributed by atoms with Crippen molar-refractivity contribution >= 4 is 11.7 Å². The van der Waals surface area contributed by atoms with E-state index in [1.165, 1.54) is 29.7 Å². The number of carbonyl (C=O) groups is 1. The average molecular weight is 420 g/mol. The van der Waals surface area contributed by atoms with E-state index < -0.39 is 5.97 Å². The number of nitrogens with one attached hydrogen (secondary N) is 2. The van der Waals surface area contributed by atoms with Crippen molar-refractivity contribution in [1.82, 2.24) is 10.6 Å². The van der Waals surface area contributed by atoms with Gasteiger partial charge in [-0.05, 0) is 47.8 Å². The maximum atomic E-state index is 10.9. The number of rotatable bonds is 8. The molecule has 5 heteroatoms. The molecule has 164 valence electrons. The van der Waals surface area contributed by atoms with Crippen LogP contribution < -0.4 is 10.6 Å². The Balaban J connectivity index is 1.44. The molecule has 0 aliphatic carbocycles. The zero-order valence-corrected chi connectivity index (χ0v) is 18.3. The third-order valence-electron chi connectivity index (χ3n) is 6.64. The molecule has 0 amide bonds. The van der Waals surface area contributed by atoms with E-state index in [0.717, 1.165) is 31.6 Å². The molecule has 2 heterocycles. The molecule has 0 bridgehead atoms. The van der Waals surface area contributed by atoms with Gasteiger partial charge in [-0.25, -0.2) is 0 Å². The number of aliphatic imine (C=N–C) groups is 1. The molecule has 1 saturated heterocycles. The van der Waals surface area contributed by atoms with Gasteiger partial charge in [0.05, 0.1) is 6.42 Å². The van der Waals surface area contributed by atoms with E-state index in [1.807, 2.05) is 12.1 Å². The van der Waals surface area contributed by atoms with Crippen LogP contribution in [0.2, 0.25) is 0 Å². The summed E-state index contributed by atoms with van der Waals surface area (Å²) in [4.78, 5) is 15.7. The van der Waals surface area contributed by atoms with Crippen LogP contribution in [-0.4, -0.2) is 42.5 Å². The van der Waals surface area contributed by atoms with Crippen LogP contribution in [0.15, 0.2) is 59.6 Å². The monoisotopic (exact) mass is 419 g/mol. The highest BCUT2D eigenvalue weighted by molar-refractivity contribution is 5.91. The zero-order chi connectivity index (χ0) is 21.6. The van der Waals surface area contributed by atoms with Crippen LogP contribution in [0.1, 0.15) is 54.8 Å². The lowest BCUT2D eigenvalue weighted by molar-refractivity contribution is -0.136. The number of piperidine rings is 1. The third-order valence-corrected chi connectivity index (χ3v) is 6.64. The highest BCUT2D eigenvalue weighted by Crippen LogP contribution is 2.30. The maximum absolute atomic E-state index is 10.9. The molecule has 0 spiro atoms. The summed E-state index contributed by atoms with van der Waals surface area (Å²) in [5.74, 6) is 0.0149. The summed E-state index contributed by atoms with van der Waals surface area (Å²) >= 11 is 0. The number of nitrogens with zero attached hydrogens (tertiary/aromatic N) is 1. The first-order chi connectivity index (χ1) is 15.1. The van der Waals surface area contributed by atoms with Crippen LogP contribution in [0.25, 0.3) is 0 Å². The van der Waals surface area contributed by atoms with Gasteiger partial charge < -0.3 is 15.7 Å². The molecule has 3 N–H and O–H groups in total. The lowest BCUT2D eigenvalue weighted by Gasteiger charge is -2.38. The molecule has 2 unspecified atom stereocenters. The van der Waals surface area contributed by atoms with Crippen molar-refractivity contribution in [2.75, 3.05) is 19.6 Å². The Morgan fingerprint density at radius 2 is 1.94 bits per heavy atom. The summed E-state index contributed by atoms with van der Waals surface area (Å²) in [6.07, 6.45) is 3.53. The van der Waals surface area contributed by atoms with E-state index in [4.69, 9.17) is 10.1 Å². The zero-order valence-electron chi connectivity index (χ0n) is 18.3. The first-order valence-corrected chi connectivity index (χ1v) is 11.5. The van der Waals surface area contributed by atoms with Gasteiger partial charge in [0.15, 0.2) is 0 Å². The molecule has 4 atom stereocenters. The second-order valence-electron chi connectivity index (χ2n) is 8.95. The topological polar surface area (TPSA) is 73.7 Å². The quantitative estimate of drug-likeness (QED) is 0.606. The van der Waals surface area contributed by atoms with E-state index in [-0.39, 0.29) is 12.5 Å². The molecule has 5 nitrogen and oxygen atoms in total. The Bertz CT molecular complexity index is 895. The fourth-order valence-corrected chi connectivity index (χ4v) is 4.87. The fourth-order valence-electron chi connectivity index (χ4n) is 4.87. The predicted octanol–water partition coefficient (Wildman–Crippen LogP) is 3.96. The summed E-state index contributed by atoms with van der Waals surface area (Å²) in [6, 6.07) is 19.5. The molecular formula is C26H33N3O2. The Hall–Kier alpha value is -2.50. The summed E-state index contributed by atoms with van der Waals surface area (Å²) in [6.45, 7) is 5.07. The van der Waals surface area contributed by atoms with Crippen molar-refractivity contribution in [3.05, 3.63) is 71.3 Å². The van der Waals surface area contributed by atoms with Gasteiger partial charge in [-0.15, -0.1) is 0 Å². The van der Waals surface area contributed by atoms with Crippen molar-refractivity contribution in [3.8, 4) is 0 Å².